The third kappa shape index (κ3) is 69.5. The molecule has 0 heterocycles. The summed E-state index contributed by atoms with van der Waals surface area (Å²) in [4.78, 5) is 38.0. The molecule has 1 amide bonds. The molecule has 0 saturated carbocycles. The van der Waals surface area contributed by atoms with Crippen molar-refractivity contribution in [2.75, 3.05) is 40.9 Å². The predicted molar refractivity (Wildman–Crippen MR) is 392 cm³/mol. The van der Waals surface area contributed by atoms with Gasteiger partial charge in [-0.1, -0.05) is 350 Å². The van der Waals surface area contributed by atoms with Gasteiger partial charge in [-0.2, -0.15) is 0 Å². The lowest BCUT2D eigenvalue weighted by molar-refractivity contribution is -0.870. The average Bonchev–Trinajstić information content (AvgIpc) is 3.04. The van der Waals surface area contributed by atoms with E-state index in [1.165, 1.54) is 218 Å². The number of carbonyl (C=O) groups is 2. The van der Waals surface area contributed by atoms with E-state index in [9.17, 15) is 19.0 Å². The highest BCUT2D eigenvalue weighted by Gasteiger charge is 2.30. The van der Waals surface area contributed by atoms with Crippen LogP contribution in [0, 0.1) is 0 Å². The fraction of sp³-hybridized carbons (Fsp3) is 0.800. The Hall–Kier alpha value is -2.81. The van der Waals surface area contributed by atoms with Crippen LogP contribution in [-0.4, -0.2) is 74.3 Å². The number of hydrogen-bond acceptors (Lipinski definition) is 6. The fourth-order valence-corrected chi connectivity index (χ4v) is 12.0. The monoisotopic (exact) mass is 1280 g/mol. The van der Waals surface area contributed by atoms with Gasteiger partial charge in [0.05, 0.1) is 33.8 Å². The Kier molecular flexibility index (Phi) is 66.9. The fourth-order valence-electron chi connectivity index (χ4n) is 11.2. The van der Waals surface area contributed by atoms with Crippen LogP contribution in [0.25, 0.3) is 0 Å². The van der Waals surface area contributed by atoms with Crippen molar-refractivity contribution in [2.24, 2.45) is 0 Å². The van der Waals surface area contributed by atoms with E-state index in [1.807, 2.05) is 33.3 Å². The lowest BCUT2D eigenvalue weighted by atomic mass is 10.0. The van der Waals surface area contributed by atoms with Gasteiger partial charge in [0.15, 0.2) is 0 Å². The number of likely N-dealkylation sites (N-methyl/N-ethyl adjacent to an activating group) is 1. The molecule has 0 fully saturated rings. The molecule has 3 unspecified atom stereocenters. The van der Waals surface area contributed by atoms with Gasteiger partial charge >= 0.3 is 13.8 Å². The molecule has 0 saturated heterocycles. The maximum absolute atomic E-state index is 13.6. The van der Waals surface area contributed by atoms with Crippen molar-refractivity contribution in [3.8, 4) is 0 Å². The van der Waals surface area contributed by atoms with E-state index in [4.69, 9.17) is 13.8 Å². The van der Waals surface area contributed by atoms with E-state index in [-0.39, 0.29) is 25.1 Å². The lowest BCUT2D eigenvalue weighted by Crippen LogP contribution is -2.47. The number of rotatable bonds is 70. The van der Waals surface area contributed by atoms with Crippen molar-refractivity contribution < 1.29 is 37.3 Å². The van der Waals surface area contributed by atoms with E-state index in [0.717, 1.165) is 109 Å². The number of phosphoric acid groups is 1. The number of carbonyl (C=O) groups excluding carboxylic acids is 2. The molecule has 0 bridgehead atoms. The summed E-state index contributed by atoms with van der Waals surface area (Å²) in [6.07, 6.45) is 93.3. The molecule has 9 nitrogen and oxygen atoms in total. The van der Waals surface area contributed by atoms with Crippen molar-refractivity contribution in [3.63, 3.8) is 0 Å². The molecule has 0 aliphatic carbocycles. The van der Waals surface area contributed by atoms with Crippen molar-refractivity contribution in [1.29, 1.82) is 0 Å². The Morgan fingerprint density at radius 2 is 0.711 bits per heavy atom. The van der Waals surface area contributed by atoms with Crippen molar-refractivity contribution in [2.45, 2.75) is 373 Å². The smallest absolute Gasteiger partial charge is 0.456 e. The Morgan fingerprint density at radius 1 is 0.400 bits per heavy atom. The van der Waals surface area contributed by atoms with Crippen LogP contribution in [0.5, 0.6) is 0 Å². The second-order valence-corrected chi connectivity index (χ2v) is 28.6. The van der Waals surface area contributed by atoms with Gasteiger partial charge in [0, 0.05) is 12.8 Å². The highest BCUT2D eigenvalue weighted by atomic mass is 31.2. The molecule has 0 aliphatic rings. The van der Waals surface area contributed by atoms with Crippen molar-refractivity contribution in [3.05, 3.63) is 85.1 Å². The minimum Gasteiger partial charge on any atom is -0.456 e. The van der Waals surface area contributed by atoms with Gasteiger partial charge in [-0.15, -0.1) is 0 Å². The summed E-state index contributed by atoms with van der Waals surface area (Å²) in [6.45, 7) is 6.94. The summed E-state index contributed by atoms with van der Waals surface area (Å²) in [7, 11) is 1.50. The largest absolute Gasteiger partial charge is 0.472 e. The van der Waals surface area contributed by atoms with Gasteiger partial charge in [-0.05, 0) is 83.1 Å². The zero-order chi connectivity index (χ0) is 65.6. The maximum atomic E-state index is 13.6. The minimum absolute atomic E-state index is 0.0371. The van der Waals surface area contributed by atoms with E-state index in [0.29, 0.717) is 23.9 Å². The van der Waals surface area contributed by atoms with E-state index < -0.39 is 20.0 Å². The molecule has 90 heavy (non-hydrogen) atoms. The van der Waals surface area contributed by atoms with Crippen LogP contribution >= 0.6 is 7.82 Å². The summed E-state index contributed by atoms with van der Waals surface area (Å²) in [5.41, 5.74) is 0. The van der Waals surface area contributed by atoms with Gasteiger partial charge in [-0.3, -0.25) is 18.6 Å². The van der Waals surface area contributed by atoms with Gasteiger partial charge < -0.3 is 19.4 Å². The number of esters is 1. The van der Waals surface area contributed by atoms with E-state index in [1.54, 1.807) is 0 Å². The summed E-state index contributed by atoms with van der Waals surface area (Å²) in [5, 5.41) is 3.08. The highest BCUT2D eigenvalue weighted by molar-refractivity contribution is 7.47. The Bertz CT molecular complexity index is 1810. The topological polar surface area (TPSA) is 111 Å². The van der Waals surface area contributed by atoms with Crippen LogP contribution in [0.15, 0.2) is 85.1 Å². The molecule has 3 atom stereocenters. The maximum Gasteiger partial charge on any atom is 0.472 e. The number of nitrogens with zero attached hydrogens (tertiary/aromatic N) is 1. The Balaban J connectivity index is 4.99. The number of allylic oxidation sites excluding steroid dienone is 13. The molecular formula is C80H148N2O7P+. The lowest BCUT2D eigenvalue weighted by Gasteiger charge is -2.27. The second-order valence-electron chi connectivity index (χ2n) is 27.2. The molecular weight excluding hydrogens is 1130 g/mol. The number of nitrogens with one attached hydrogen (secondary N) is 1. The van der Waals surface area contributed by atoms with Crippen LogP contribution < -0.4 is 5.32 Å². The van der Waals surface area contributed by atoms with Gasteiger partial charge in [0.1, 0.15) is 19.3 Å². The number of amides is 1. The molecule has 10 heteroatoms. The zero-order valence-corrected chi connectivity index (χ0v) is 61.0. The molecule has 0 aliphatic heterocycles. The van der Waals surface area contributed by atoms with Gasteiger partial charge in [-0.25, -0.2) is 4.57 Å². The molecule has 0 aromatic rings. The van der Waals surface area contributed by atoms with Crippen LogP contribution in [0.3, 0.4) is 0 Å². The van der Waals surface area contributed by atoms with Crippen LogP contribution in [0.2, 0.25) is 0 Å². The third-order valence-electron chi connectivity index (χ3n) is 17.1. The molecule has 0 radical (unpaired) electrons. The first-order valence-electron chi connectivity index (χ1n) is 38.4. The minimum atomic E-state index is -4.46. The van der Waals surface area contributed by atoms with Gasteiger partial charge in [0.25, 0.3) is 0 Å². The first kappa shape index (κ1) is 87.2. The standard InChI is InChI=1S/C80H147N2O7P/c1-7-10-13-16-19-22-25-28-30-32-34-36-38-40-41-43-44-46-48-50-52-54-57-60-63-66-69-72-79(83)81-77(76-88-90(85,86)87-75-74-82(4,5)6)78(71-68-65-62-59-56-27-24-21-18-15-12-9-3)89-80(84)73-70-67-64-61-58-55-53-51-49-47-45-42-39-37-35-33-31-29-26-23-20-17-14-11-8-2/h10,13,19,22,28,30,34,36,40-41,44,46,68,71,77-78H,7-9,11-12,14-18,20-21,23-27,29,31-33,35,37-39,42-43,45,47-67,69-70,72-76H2,1-6H3,(H-,81,83,85,86)/p+1/b13-10-,22-19-,30-28-,36-34-,41-40-,46-44-,71-68+. The van der Waals surface area contributed by atoms with Crippen LogP contribution in [0.1, 0.15) is 361 Å². The summed E-state index contributed by atoms with van der Waals surface area (Å²) in [6, 6.07) is -0.857. The third-order valence-corrected chi connectivity index (χ3v) is 18.1. The quantitative estimate of drug-likeness (QED) is 0.0205. The van der Waals surface area contributed by atoms with Crippen LogP contribution in [-0.2, 0) is 27.9 Å². The summed E-state index contributed by atoms with van der Waals surface area (Å²) >= 11 is 0. The first-order chi connectivity index (χ1) is 43.9. The van der Waals surface area contributed by atoms with E-state index in [2.05, 4.69) is 99.0 Å². The Morgan fingerprint density at radius 3 is 1.07 bits per heavy atom. The second kappa shape index (κ2) is 69.0. The average molecular weight is 1280 g/mol. The highest BCUT2D eigenvalue weighted by Crippen LogP contribution is 2.43. The Labute approximate surface area is 558 Å². The van der Waals surface area contributed by atoms with Gasteiger partial charge in [0.2, 0.25) is 5.91 Å². The van der Waals surface area contributed by atoms with Crippen LogP contribution in [0.4, 0.5) is 0 Å². The molecule has 0 aromatic heterocycles. The zero-order valence-electron chi connectivity index (χ0n) is 60.1. The predicted octanol–water partition coefficient (Wildman–Crippen LogP) is 24.9. The normalized spacial score (nSPS) is 13.9. The molecule has 0 spiro atoms. The number of unbranched alkanes of at least 4 members (excludes halogenated alkanes) is 42. The first-order valence-corrected chi connectivity index (χ1v) is 39.9. The van der Waals surface area contributed by atoms with Crippen molar-refractivity contribution >= 4 is 19.7 Å². The molecule has 0 aromatic carbocycles. The number of phosphoric ester groups is 1. The molecule has 0 rings (SSSR count). The molecule has 2 N–H and O–H groups in total. The number of hydrogen-bond donors (Lipinski definition) is 2. The molecule has 524 valence electrons. The SMILES string of the molecule is CC/C=C\C/C=C\C/C=C\C/C=C\C/C=C\C/C=C\CCCCCCCCCCC(=O)NC(COP(=O)(O)OCC[N+](C)(C)C)C(/C=C/CCCCCCCCCCCC)OC(=O)CCCCCCCCCCCCCCCCCCCCCCCCCCC. The number of quaternary nitrogens is 1. The summed E-state index contributed by atoms with van der Waals surface area (Å²) < 4.78 is 30.9. The number of ether oxygens (including phenoxy) is 1. The van der Waals surface area contributed by atoms with Crippen molar-refractivity contribution in [1.82, 2.24) is 5.32 Å². The van der Waals surface area contributed by atoms with E-state index >= 15 is 0 Å². The summed E-state index contributed by atoms with van der Waals surface area (Å²) in [5.74, 6) is -0.502.